The molecule has 0 fully saturated rings. The monoisotopic (exact) mass is 308 g/mol. The van der Waals surface area contributed by atoms with Crippen molar-refractivity contribution in [2.24, 2.45) is 0 Å². The van der Waals surface area contributed by atoms with Gasteiger partial charge in [0.1, 0.15) is 6.54 Å². The predicted octanol–water partition coefficient (Wildman–Crippen LogP) is 2.69. The molecule has 0 saturated heterocycles. The number of rotatable bonds is 5. The molecule has 0 saturated carbocycles. The van der Waals surface area contributed by atoms with Crippen LogP contribution >= 0.6 is 0 Å². The van der Waals surface area contributed by atoms with Gasteiger partial charge in [-0.05, 0) is 24.1 Å². The number of hydrogen-bond acceptors (Lipinski definition) is 2. The molecule has 1 aliphatic heterocycles. The number of carbonyl (C=O) groups is 2. The smallest absolute Gasteiger partial charge is 0.254 e. The molecule has 3 rings (SSSR count). The molecule has 118 valence electrons. The van der Waals surface area contributed by atoms with Crippen LogP contribution in [-0.4, -0.2) is 34.7 Å². The Bertz CT molecular complexity index is 712. The standard InChI is InChI=1S/C19H20N2O2/c1-2-20(12-15-8-4-3-5-9-15)18(22)14-21-13-16-10-6-7-11-17(16)19(21)23/h3-11H,2,12-14H2,1H3. The van der Waals surface area contributed by atoms with E-state index in [2.05, 4.69) is 0 Å². The van der Waals surface area contributed by atoms with Crippen molar-refractivity contribution >= 4 is 11.8 Å². The van der Waals surface area contributed by atoms with Crippen molar-refractivity contribution in [2.45, 2.75) is 20.0 Å². The number of fused-ring (bicyclic) bond motifs is 1. The average Bonchev–Trinajstić information content (AvgIpc) is 2.90. The lowest BCUT2D eigenvalue weighted by molar-refractivity contribution is -0.132. The highest BCUT2D eigenvalue weighted by Crippen LogP contribution is 2.22. The van der Waals surface area contributed by atoms with Crippen LogP contribution in [-0.2, 0) is 17.9 Å². The zero-order valence-electron chi connectivity index (χ0n) is 13.2. The molecule has 1 aliphatic rings. The molecule has 0 spiro atoms. The van der Waals surface area contributed by atoms with Gasteiger partial charge in [0.2, 0.25) is 5.91 Å². The van der Waals surface area contributed by atoms with Crippen LogP contribution in [0.15, 0.2) is 54.6 Å². The largest absolute Gasteiger partial charge is 0.337 e. The van der Waals surface area contributed by atoms with Gasteiger partial charge in [0.15, 0.2) is 0 Å². The number of likely N-dealkylation sites (N-methyl/N-ethyl adjacent to an activating group) is 1. The first-order valence-corrected chi connectivity index (χ1v) is 7.88. The minimum atomic E-state index is -0.0512. The molecule has 4 nitrogen and oxygen atoms in total. The first-order valence-electron chi connectivity index (χ1n) is 7.88. The Morgan fingerprint density at radius 2 is 1.78 bits per heavy atom. The molecular formula is C19H20N2O2. The Labute approximate surface area is 136 Å². The lowest BCUT2D eigenvalue weighted by atomic mass is 10.1. The molecule has 0 aromatic heterocycles. The maximum atomic E-state index is 12.6. The summed E-state index contributed by atoms with van der Waals surface area (Å²) in [7, 11) is 0. The Morgan fingerprint density at radius 3 is 2.48 bits per heavy atom. The van der Waals surface area contributed by atoms with Crippen LogP contribution in [0.1, 0.15) is 28.4 Å². The van der Waals surface area contributed by atoms with E-state index in [0.717, 1.165) is 11.1 Å². The summed E-state index contributed by atoms with van der Waals surface area (Å²) >= 11 is 0. The number of nitrogens with zero attached hydrogens (tertiary/aromatic N) is 2. The van der Waals surface area contributed by atoms with Gasteiger partial charge >= 0.3 is 0 Å². The maximum absolute atomic E-state index is 12.6. The Morgan fingerprint density at radius 1 is 1.09 bits per heavy atom. The second kappa shape index (κ2) is 6.65. The molecule has 0 atom stereocenters. The zero-order chi connectivity index (χ0) is 16.2. The molecule has 4 heteroatoms. The summed E-state index contributed by atoms with van der Waals surface area (Å²) in [6, 6.07) is 17.5. The molecule has 0 bridgehead atoms. The zero-order valence-corrected chi connectivity index (χ0v) is 13.2. The molecule has 2 aromatic rings. The molecular weight excluding hydrogens is 288 g/mol. The molecule has 0 unspecified atom stereocenters. The van der Waals surface area contributed by atoms with Gasteiger partial charge in [0.25, 0.3) is 5.91 Å². The summed E-state index contributed by atoms with van der Waals surface area (Å²) in [6.07, 6.45) is 0. The summed E-state index contributed by atoms with van der Waals surface area (Å²) in [6.45, 7) is 3.81. The van der Waals surface area contributed by atoms with Crippen molar-refractivity contribution in [1.29, 1.82) is 0 Å². The minimum absolute atomic E-state index is 0.0162. The van der Waals surface area contributed by atoms with Crippen LogP contribution in [0.25, 0.3) is 0 Å². The van der Waals surface area contributed by atoms with Gasteiger partial charge in [-0.15, -0.1) is 0 Å². The third-order valence-corrected chi connectivity index (χ3v) is 4.17. The van der Waals surface area contributed by atoms with E-state index in [0.29, 0.717) is 25.2 Å². The fourth-order valence-electron chi connectivity index (χ4n) is 2.89. The lowest BCUT2D eigenvalue weighted by Gasteiger charge is -2.24. The van der Waals surface area contributed by atoms with Crippen molar-refractivity contribution in [3.05, 3.63) is 71.3 Å². The van der Waals surface area contributed by atoms with E-state index in [1.165, 1.54) is 0 Å². The molecule has 2 aromatic carbocycles. The summed E-state index contributed by atoms with van der Waals surface area (Å²) in [4.78, 5) is 28.3. The minimum Gasteiger partial charge on any atom is -0.337 e. The highest BCUT2D eigenvalue weighted by atomic mass is 16.2. The van der Waals surface area contributed by atoms with Crippen LogP contribution in [0.4, 0.5) is 0 Å². The lowest BCUT2D eigenvalue weighted by Crippen LogP contribution is -2.40. The van der Waals surface area contributed by atoms with Crippen LogP contribution in [0.5, 0.6) is 0 Å². The highest BCUT2D eigenvalue weighted by molar-refractivity contribution is 6.00. The summed E-state index contributed by atoms with van der Waals surface area (Å²) < 4.78 is 0. The van der Waals surface area contributed by atoms with Gasteiger partial charge in [-0.1, -0.05) is 48.5 Å². The first kappa shape index (κ1) is 15.3. The van der Waals surface area contributed by atoms with Gasteiger partial charge in [-0.3, -0.25) is 9.59 Å². The van der Waals surface area contributed by atoms with E-state index in [1.807, 2.05) is 61.5 Å². The highest BCUT2D eigenvalue weighted by Gasteiger charge is 2.29. The van der Waals surface area contributed by atoms with Crippen molar-refractivity contribution in [1.82, 2.24) is 9.80 Å². The topological polar surface area (TPSA) is 40.6 Å². The third-order valence-electron chi connectivity index (χ3n) is 4.17. The van der Waals surface area contributed by atoms with Gasteiger partial charge in [-0.2, -0.15) is 0 Å². The second-order valence-electron chi connectivity index (χ2n) is 5.71. The first-order chi connectivity index (χ1) is 11.2. The quantitative estimate of drug-likeness (QED) is 0.852. The molecule has 0 aliphatic carbocycles. The van der Waals surface area contributed by atoms with Gasteiger partial charge < -0.3 is 9.80 Å². The van der Waals surface area contributed by atoms with Crippen LogP contribution in [0.3, 0.4) is 0 Å². The molecule has 1 heterocycles. The second-order valence-corrected chi connectivity index (χ2v) is 5.71. The van der Waals surface area contributed by atoms with Gasteiger partial charge in [0, 0.05) is 25.2 Å². The SMILES string of the molecule is CCN(Cc1ccccc1)C(=O)CN1Cc2ccccc2C1=O. The average molecular weight is 308 g/mol. The number of hydrogen-bond donors (Lipinski definition) is 0. The normalized spacial score (nSPS) is 13.1. The number of benzene rings is 2. The third kappa shape index (κ3) is 3.26. The van der Waals surface area contributed by atoms with E-state index in [9.17, 15) is 9.59 Å². The fourth-order valence-corrected chi connectivity index (χ4v) is 2.89. The van der Waals surface area contributed by atoms with E-state index < -0.39 is 0 Å². The van der Waals surface area contributed by atoms with Crippen LogP contribution in [0.2, 0.25) is 0 Å². The van der Waals surface area contributed by atoms with Crippen LogP contribution in [0, 0.1) is 0 Å². The fraction of sp³-hybridized carbons (Fsp3) is 0.263. The van der Waals surface area contributed by atoms with Crippen molar-refractivity contribution < 1.29 is 9.59 Å². The molecule has 2 amide bonds. The molecule has 23 heavy (non-hydrogen) atoms. The van der Waals surface area contributed by atoms with Crippen molar-refractivity contribution in [3.63, 3.8) is 0 Å². The van der Waals surface area contributed by atoms with Gasteiger partial charge in [0.05, 0.1) is 0 Å². The van der Waals surface area contributed by atoms with Crippen LogP contribution < -0.4 is 0 Å². The van der Waals surface area contributed by atoms with Crippen molar-refractivity contribution in [2.75, 3.05) is 13.1 Å². The Balaban J connectivity index is 1.66. The molecule has 0 radical (unpaired) electrons. The summed E-state index contributed by atoms with van der Waals surface area (Å²) in [5, 5.41) is 0. The Kier molecular flexibility index (Phi) is 4.42. The maximum Gasteiger partial charge on any atom is 0.254 e. The van der Waals surface area contributed by atoms with Crippen molar-refractivity contribution in [3.8, 4) is 0 Å². The summed E-state index contributed by atoms with van der Waals surface area (Å²) in [5.74, 6) is -0.0674. The summed E-state index contributed by atoms with van der Waals surface area (Å²) in [5.41, 5.74) is 2.81. The Hall–Kier alpha value is -2.62. The van der Waals surface area contributed by atoms with Gasteiger partial charge in [-0.25, -0.2) is 0 Å². The predicted molar refractivity (Wildman–Crippen MR) is 88.7 cm³/mol. The number of amides is 2. The van der Waals surface area contributed by atoms with E-state index in [1.54, 1.807) is 9.80 Å². The number of carbonyl (C=O) groups excluding carboxylic acids is 2. The molecule has 0 N–H and O–H groups in total. The van der Waals surface area contributed by atoms with E-state index in [-0.39, 0.29) is 18.4 Å². The van der Waals surface area contributed by atoms with E-state index >= 15 is 0 Å². The van der Waals surface area contributed by atoms with E-state index in [4.69, 9.17) is 0 Å².